The van der Waals surface area contributed by atoms with Crippen molar-refractivity contribution in [2.75, 3.05) is 26.3 Å². The number of alkyl halides is 3. The van der Waals surface area contributed by atoms with Gasteiger partial charge in [-0.1, -0.05) is 35.5 Å². The molecule has 1 aromatic heterocycles. The number of aryl methyl sites for hydroxylation is 1. The van der Waals surface area contributed by atoms with Gasteiger partial charge in [-0.15, -0.1) is 11.8 Å². The maximum absolute atomic E-state index is 13.2. The summed E-state index contributed by atoms with van der Waals surface area (Å²) in [6, 6.07) is 7.82. The monoisotopic (exact) mass is 601 g/mol. The van der Waals surface area contributed by atoms with E-state index >= 15 is 0 Å². The summed E-state index contributed by atoms with van der Waals surface area (Å²) in [5, 5.41) is 12.7. The number of hydrogen-bond donors (Lipinski definition) is 2. The SMILES string of the molecule is O=C(CCc1cccc(C2CC2(NS(=O)(=O)C2=CCC(c3cc(C(F)(F)F)on3)S2)C(=O)O)c1)N1CCOCC1. The highest BCUT2D eigenvalue weighted by Gasteiger charge is 2.63. The molecule has 40 heavy (non-hydrogen) atoms. The highest BCUT2D eigenvalue weighted by atomic mass is 32.3. The lowest BCUT2D eigenvalue weighted by atomic mass is 10.0. The predicted molar refractivity (Wildman–Crippen MR) is 136 cm³/mol. The Morgan fingerprint density at radius 1 is 1.23 bits per heavy atom. The van der Waals surface area contributed by atoms with Gasteiger partial charge in [0.1, 0.15) is 9.78 Å². The normalized spacial score (nSPS) is 25.1. The summed E-state index contributed by atoms with van der Waals surface area (Å²) in [4.78, 5) is 26.5. The fraction of sp³-hybridized carbons (Fsp3) is 0.480. The number of carbonyl (C=O) groups excluding carboxylic acids is 1. The molecule has 2 aromatic rings. The van der Waals surface area contributed by atoms with E-state index in [9.17, 15) is 36.3 Å². The van der Waals surface area contributed by atoms with Gasteiger partial charge in [0, 0.05) is 31.5 Å². The Bertz CT molecular complexity index is 1440. The van der Waals surface area contributed by atoms with Crippen molar-refractivity contribution in [1.29, 1.82) is 0 Å². The van der Waals surface area contributed by atoms with Crippen LogP contribution in [-0.2, 0) is 36.9 Å². The molecule has 3 heterocycles. The third kappa shape index (κ3) is 5.92. The van der Waals surface area contributed by atoms with Gasteiger partial charge in [0.15, 0.2) is 0 Å². The molecule has 3 atom stereocenters. The van der Waals surface area contributed by atoms with Crippen molar-refractivity contribution in [3.8, 4) is 0 Å². The van der Waals surface area contributed by atoms with Crippen LogP contribution >= 0.6 is 11.8 Å². The lowest BCUT2D eigenvalue weighted by Crippen LogP contribution is -2.44. The van der Waals surface area contributed by atoms with Gasteiger partial charge in [0.05, 0.1) is 24.2 Å². The summed E-state index contributed by atoms with van der Waals surface area (Å²) in [7, 11) is -4.30. The Labute approximate surface area is 232 Å². The van der Waals surface area contributed by atoms with Gasteiger partial charge in [0.2, 0.25) is 21.7 Å². The molecule has 2 aliphatic heterocycles. The molecule has 0 radical (unpaired) electrons. The van der Waals surface area contributed by atoms with Gasteiger partial charge >= 0.3 is 12.1 Å². The van der Waals surface area contributed by atoms with Gasteiger partial charge in [-0.3, -0.25) is 9.59 Å². The van der Waals surface area contributed by atoms with Gasteiger partial charge in [0.25, 0.3) is 0 Å². The van der Waals surface area contributed by atoms with Crippen LogP contribution in [0.3, 0.4) is 0 Å². The minimum Gasteiger partial charge on any atom is -0.480 e. The molecule has 1 aliphatic carbocycles. The lowest BCUT2D eigenvalue weighted by molar-refractivity contribution is -0.155. The number of rotatable bonds is 9. The molecular weight excluding hydrogens is 575 g/mol. The van der Waals surface area contributed by atoms with Crippen molar-refractivity contribution < 1.29 is 45.5 Å². The zero-order chi connectivity index (χ0) is 28.7. The van der Waals surface area contributed by atoms with E-state index in [1.165, 1.54) is 6.08 Å². The Hall–Kier alpha value is -2.88. The number of thioether (sulfide) groups is 1. The summed E-state index contributed by atoms with van der Waals surface area (Å²) in [5.74, 6) is -3.24. The average Bonchev–Trinajstić information content (AvgIpc) is 3.26. The molecule has 15 heteroatoms. The maximum atomic E-state index is 13.2. The molecule has 10 nitrogen and oxygen atoms in total. The summed E-state index contributed by atoms with van der Waals surface area (Å²) in [6.45, 7) is 2.10. The van der Waals surface area contributed by atoms with E-state index in [2.05, 4.69) is 14.4 Å². The highest BCUT2D eigenvalue weighted by molar-refractivity contribution is 8.18. The molecule has 2 fully saturated rings. The average molecular weight is 602 g/mol. The van der Waals surface area contributed by atoms with Crippen LogP contribution in [0.2, 0.25) is 0 Å². The number of ether oxygens (including phenoxy) is 1. The standard InChI is InChI=1S/C25H26F3N3O7S2/c26-25(27,28)20-13-18(29-38-20)19-5-7-22(39-19)40(35,36)30-24(23(33)34)14-17(24)16-3-1-2-15(12-16)4-6-21(32)31-8-10-37-11-9-31/h1-3,7,12-13,17,19,30H,4-6,8-11,14H2,(H,33,34). The van der Waals surface area contributed by atoms with Crippen LogP contribution in [0.1, 0.15) is 53.0 Å². The number of nitrogens with zero attached hydrogens (tertiary/aromatic N) is 2. The van der Waals surface area contributed by atoms with Crippen LogP contribution < -0.4 is 4.72 Å². The lowest BCUT2D eigenvalue weighted by Gasteiger charge is -2.26. The van der Waals surface area contributed by atoms with Crippen LogP contribution in [-0.4, -0.2) is 67.3 Å². The Balaban J connectivity index is 1.23. The van der Waals surface area contributed by atoms with Gasteiger partial charge < -0.3 is 19.3 Å². The van der Waals surface area contributed by atoms with Gasteiger partial charge in [-0.25, -0.2) is 8.42 Å². The second kappa shape index (κ2) is 10.8. The number of carbonyl (C=O) groups is 2. The third-order valence-corrected chi connectivity index (χ3v) is 10.6. The van der Waals surface area contributed by atoms with E-state index in [0.717, 1.165) is 23.4 Å². The number of morpholine rings is 1. The Morgan fingerprint density at radius 2 is 1.98 bits per heavy atom. The Morgan fingerprint density at radius 3 is 2.65 bits per heavy atom. The molecule has 1 aromatic carbocycles. The van der Waals surface area contributed by atoms with E-state index < -0.39 is 44.6 Å². The first-order valence-corrected chi connectivity index (χ1v) is 14.9. The predicted octanol–water partition coefficient (Wildman–Crippen LogP) is 3.43. The molecule has 1 amide bonds. The number of aliphatic carboxylic acids is 1. The molecule has 5 rings (SSSR count). The number of carboxylic acids is 1. The second-order valence-corrected chi connectivity index (χ2v) is 13.0. The highest BCUT2D eigenvalue weighted by Crippen LogP contribution is 2.54. The zero-order valence-corrected chi connectivity index (χ0v) is 22.7. The minimum atomic E-state index is -4.72. The summed E-state index contributed by atoms with van der Waals surface area (Å²) >= 11 is 0.779. The van der Waals surface area contributed by atoms with Crippen molar-refractivity contribution in [3.63, 3.8) is 0 Å². The first kappa shape index (κ1) is 28.6. The molecule has 1 saturated heterocycles. The molecule has 0 bridgehead atoms. The van der Waals surface area contributed by atoms with E-state index in [4.69, 9.17) is 4.74 Å². The molecule has 1 saturated carbocycles. The molecule has 216 valence electrons. The molecule has 0 spiro atoms. The maximum Gasteiger partial charge on any atom is 0.452 e. The fourth-order valence-electron chi connectivity index (χ4n) is 4.90. The van der Waals surface area contributed by atoms with Crippen LogP contribution in [0.4, 0.5) is 13.2 Å². The topological polar surface area (TPSA) is 139 Å². The first-order chi connectivity index (χ1) is 18.9. The molecule has 3 aliphatic rings. The van der Waals surface area contributed by atoms with Crippen molar-refractivity contribution >= 4 is 33.7 Å². The number of sulfonamides is 1. The summed E-state index contributed by atoms with van der Waals surface area (Å²) in [5.41, 5.74) is -0.358. The van der Waals surface area contributed by atoms with Crippen molar-refractivity contribution in [3.05, 3.63) is 63.2 Å². The summed E-state index contributed by atoms with van der Waals surface area (Å²) < 4.78 is 76.6. The number of benzene rings is 1. The van der Waals surface area contributed by atoms with Crippen molar-refractivity contribution in [2.45, 2.75) is 48.6 Å². The van der Waals surface area contributed by atoms with Crippen LogP contribution in [0.25, 0.3) is 0 Å². The van der Waals surface area contributed by atoms with E-state index in [0.29, 0.717) is 38.3 Å². The van der Waals surface area contributed by atoms with E-state index in [1.807, 2.05) is 6.07 Å². The number of allylic oxidation sites excluding steroid dienone is 1. The number of nitrogens with one attached hydrogen (secondary N) is 1. The number of amides is 1. The van der Waals surface area contributed by atoms with Crippen molar-refractivity contribution in [1.82, 2.24) is 14.8 Å². The zero-order valence-electron chi connectivity index (χ0n) is 21.0. The first-order valence-electron chi connectivity index (χ1n) is 12.5. The quantitative estimate of drug-likeness (QED) is 0.443. The van der Waals surface area contributed by atoms with Gasteiger partial charge in [-0.05, 0) is 30.4 Å². The second-order valence-electron chi connectivity index (χ2n) is 9.86. The number of halogens is 3. The van der Waals surface area contributed by atoms with E-state index in [1.54, 1.807) is 23.1 Å². The largest absolute Gasteiger partial charge is 0.480 e. The minimum absolute atomic E-state index is 0.00802. The third-order valence-electron chi connectivity index (χ3n) is 7.16. The van der Waals surface area contributed by atoms with Gasteiger partial charge in [-0.2, -0.15) is 17.9 Å². The fourth-order valence-corrected chi connectivity index (χ4v) is 7.99. The molecule has 3 unspecified atom stereocenters. The number of carboxylic acid groups (broad SMARTS) is 1. The number of hydrogen-bond acceptors (Lipinski definition) is 8. The molecule has 2 N–H and O–H groups in total. The number of aromatic nitrogens is 1. The molecular formula is C25H26F3N3O7S2. The van der Waals surface area contributed by atoms with Crippen LogP contribution in [0, 0.1) is 0 Å². The Kier molecular flexibility index (Phi) is 7.76. The smallest absolute Gasteiger partial charge is 0.452 e. The summed E-state index contributed by atoms with van der Waals surface area (Å²) in [6.07, 6.45) is -2.54. The van der Waals surface area contributed by atoms with Crippen molar-refractivity contribution in [2.24, 2.45) is 0 Å². The van der Waals surface area contributed by atoms with Crippen LogP contribution in [0.15, 0.2) is 45.2 Å². The van der Waals surface area contributed by atoms with E-state index in [-0.39, 0.29) is 35.1 Å². The van der Waals surface area contributed by atoms with Crippen LogP contribution in [0.5, 0.6) is 0 Å².